The molecule has 1 fully saturated rings. The van der Waals surface area contributed by atoms with Crippen molar-refractivity contribution in [3.8, 4) is 11.3 Å². The van der Waals surface area contributed by atoms with Gasteiger partial charge < -0.3 is 9.64 Å². The van der Waals surface area contributed by atoms with Crippen molar-refractivity contribution in [3.05, 3.63) is 113 Å². The van der Waals surface area contributed by atoms with Crippen LogP contribution in [-0.4, -0.2) is 46.9 Å². The zero-order chi connectivity index (χ0) is 25.5. The lowest BCUT2D eigenvalue weighted by atomic mass is 9.93. The van der Waals surface area contributed by atoms with E-state index >= 15 is 0 Å². The number of benzene rings is 3. The van der Waals surface area contributed by atoms with E-state index < -0.39 is 0 Å². The molecular formula is C32H35N3O2. The zero-order valence-electron chi connectivity index (χ0n) is 21.6. The maximum absolute atomic E-state index is 12.4. The number of hydrogen-bond donors (Lipinski definition) is 0. The molecule has 0 saturated carbocycles. The number of nitrogens with zero attached hydrogens (tertiary/aromatic N) is 3. The standard InChI is InChI=1S/C32H35N3O2/c1-2-37-32(36)29-15-9-14-28(22-29)31-23-30(33-35(31)24-26-12-7-4-8-13-26)27-17-20-34(21-18-27)19-16-25-10-5-3-6-11-25/h3-15,22-23,27H,2,16-21,24H2,1H3. The number of carbonyl (C=O) groups excluding carboxylic acids is 1. The Morgan fingerprint density at radius 1 is 0.892 bits per heavy atom. The first-order valence-electron chi connectivity index (χ1n) is 13.3. The van der Waals surface area contributed by atoms with Gasteiger partial charge in [0.1, 0.15) is 0 Å². The van der Waals surface area contributed by atoms with Crippen molar-refractivity contribution in [1.82, 2.24) is 14.7 Å². The predicted molar refractivity (Wildman–Crippen MR) is 148 cm³/mol. The summed E-state index contributed by atoms with van der Waals surface area (Å²) in [6.45, 7) is 6.17. The summed E-state index contributed by atoms with van der Waals surface area (Å²) in [7, 11) is 0. The first-order chi connectivity index (χ1) is 18.2. The van der Waals surface area contributed by atoms with Crippen LogP contribution in [0.1, 0.15) is 52.9 Å². The molecule has 1 saturated heterocycles. The summed E-state index contributed by atoms with van der Waals surface area (Å²) >= 11 is 0. The van der Waals surface area contributed by atoms with E-state index in [1.54, 1.807) is 0 Å². The molecule has 5 rings (SSSR count). The summed E-state index contributed by atoms with van der Waals surface area (Å²) in [5, 5.41) is 5.12. The third-order valence-electron chi connectivity index (χ3n) is 7.21. The molecule has 0 atom stereocenters. The van der Waals surface area contributed by atoms with Crippen LogP contribution in [0.4, 0.5) is 0 Å². The van der Waals surface area contributed by atoms with Crippen LogP contribution >= 0.6 is 0 Å². The number of ether oxygens (including phenoxy) is 1. The van der Waals surface area contributed by atoms with Gasteiger partial charge in [-0.2, -0.15) is 5.10 Å². The van der Waals surface area contributed by atoms with Crippen molar-refractivity contribution in [2.45, 2.75) is 38.6 Å². The topological polar surface area (TPSA) is 47.4 Å². The third-order valence-corrected chi connectivity index (χ3v) is 7.21. The molecule has 0 spiro atoms. The van der Waals surface area contributed by atoms with Gasteiger partial charge in [-0.25, -0.2) is 4.79 Å². The van der Waals surface area contributed by atoms with Crippen LogP contribution in [0.15, 0.2) is 91.0 Å². The van der Waals surface area contributed by atoms with Crippen molar-refractivity contribution >= 4 is 5.97 Å². The predicted octanol–water partition coefficient (Wildman–Crippen LogP) is 6.20. The highest BCUT2D eigenvalue weighted by molar-refractivity contribution is 5.90. The normalized spacial score (nSPS) is 14.5. The fourth-order valence-electron chi connectivity index (χ4n) is 5.15. The highest BCUT2D eigenvalue weighted by Gasteiger charge is 2.24. The van der Waals surface area contributed by atoms with Crippen molar-refractivity contribution in [2.75, 3.05) is 26.2 Å². The van der Waals surface area contributed by atoms with E-state index in [2.05, 4.69) is 76.3 Å². The van der Waals surface area contributed by atoms with Gasteiger partial charge in [-0.15, -0.1) is 0 Å². The zero-order valence-corrected chi connectivity index (χ0v) is 21.6. The van der Waals surface area contributed by atoms with E-state index in [-0.39, 0.29) is 5.97 Å². The second-order valence-electron chi connectivity index (χ2n) is 9.75. The fourth-order valence-corrected chi connectivity index (χ4v) is 5.15. The molecule has 37 heavy (non-hydrogen) atoms. The lowest BCUT2D eigenvalue weighted by molar-refractivity contribution is 0.0526. The molecule has 0 unspecified atom stereocenters. The van der Waals surface area contributed by atoms with Crippen molar-refractivity contribution in [1.29, 1.82) is 0 Å². The van der Waals surface area contributed by atoms with E-state index in [4.69, 9.17) is 9.84 Å². The van der Waals surface area contributed by atoms with E-state index in [1.807, 2.05) is 31.2 Å². The van der Waals surface area contributed by atoms with Crippen LogP contribution in [0, 0.1) is 0 Å². The number of piperidine rings is 1. The minimum Gasteiger partial charge on any atom is -0.462 e. The minimum atomic E-state index is -0.290. The Hall–Kier alpha value is -3.70. The molecule has 4 aromatic rings. The van der Waals surface area contributed by atoms with Crippen molar-refractivity contribution < 1.29 is 9.53 Å². The molecule has 5 heteroatoms. The smallest absolute Gasteiger partial charge is 0.338 e. The number of likely N-dealkylation sites (tertiary alicyclic amines) is 1. The molecule has 1 aliphatic heterocycles. The molecule has 0 N–H and O–H groups in total. The van der Waals surface area contributed by atoms with Gasteiger partial charge in [0, 0.05) is 18.0 Å². The summed E-state index contributed by atoms with van der Waals surface area (Å²) in [5.41, 5.74) is 6.35. The summed E-state index contributed by atoms with van der Waals surface area (Å²) in [6.07, 6.45) is 3.32. The van der Waals surface area contributed by atoms with Crippen molar-refractivity contribution in [2.24, 2.45) is 0 Å². The Kier molecular flexibility index (Phi) is 8.11. The second kappa shape index (κ2) is 12.0. The number of rotatable bonds is 9. The van der Waals surface area contributed by atoms with Crippen LogP contribution in [0.2, 0.25) is 0 Å². The van der Waals surface area contributed by atoms with Gasteiger partial charge in [-0.3, -0.25) is 4.68 Å². The number of hydrogen-bond acceptors (Lipinski definition) is 4. The largest absolute Gasteiger partial charge is 0.462 e. The van der Waals surface area contributed by atoms with Crippen LogP contribution in [0.25, 0.3) is 11.3 Å². The number of aromatic nitrogens is 2. The Morgan fingerprint density at radius 2 is 1.59 bits per heavy atom. The average Bonchev–Trinajstić information content (AvgIpc) is 3.37. The first-order valence-corrected chi connectivity index (χ1v) is 13.3. The fraction of sp³-hybridized carbons (Fsp3) is 0.312. The Morgan fingerprint density at radius 3 is 2.30 bits per heavy atom. The molecule has 0 aliphatic carbocycles. The van der Waals surface area contributed by atoms with Gasteiger partial charge in [0.25, 0.3) is 0 Å². The summed E-state index contributed by atoms with van der Waals surface area (Å²) in [4.78, 5) is 15.0. The molecule has 3 aromatic carbocycles. The molecular weight excluding hydrogens is 458 g/mol. The summed E-state index contributed by atoms with van der Waals surface area (Å²) in [5.74, 6) is 0.151. The Bertz CT molecular complexity index is 1290. The molecule has 5 nitrogen and oxygen atoms in total. The van der Waals surface area contributed by atoms with Gasteiger partial charge in [-0.05, 0) is 68.6 Å². The Labute approximate surface area is 219 Å². The van der Waals surface area contributed by atoms with Crippen molar-refractivity contribution in [3.63, 3.8) is 0 Å². The SMILES string of the molecule is CCOC(=O)c1cccc(-c2cc(C3CCN(CCc4ccccc4)CC3)nn2Cc2ccccc2)c1. The lowest BCUT2D eigenvalue weighted by Crippen LogP contribution is -2.34. The second-order valence-corrected chi connectivity index (χ2v) is 9.75. The summed E-state index contributed by atoms with van der Waals surface area (Å²) < 4.78 is 7.33. The van der Waals surface area contributed by atoms with Gasteiger partial charge >= 0.3 is 5.97 Å². The quantitative estimate of drug-likeness (QED) is 0.261. The van der Waals surface area contributed by atoms with E-state index in [0.29, 0.717) is 24.6 Å². The monoisotopic (exact) mass is 493 g/mol. The molecule has 0 amide bonds. The number of esters is 1. The highest BCUT2D eigenvalue weighted by atomic mass is 16.5. The van der Waals surface area contributed by atoms with Gasteiger partial charge in [0.05, 0.1) is 30.1 Å². The van der Waals surface area contributed by atoms with Gasteiger partial charge in [-0.1, -0.05) is 72.8 Å². The molecule has 2 heterocycles. The lowest BCUT2D eigenvalue weighted by Gasteiger charge is -2.31. The molecule has 0 bridgehead atoms. The maximum atomic E-state index is 12.4. The van der Waals surface area contributed by atoms with Crippen LogP contribution < -0.4 is 0 Å². The van der Waals surface area contributed by atoms with E-state index in [0.717, 1.165) is 55.8 Å². The van der Waals surface area contributed by atoms with Gasteiger partial charge in [0.15, 0.2) is 0 Å². The third kappa shape index (κ3) is 6.36. The van der Waals surface area contributed by atoms with E-state index in [9.17, 15) is 4.79 Å². The maximum Gasteiger partial charge on any atom is 0.338 e. The van der Waals surface area contributed by atoms with Crippen LogP contribution in [0.5, 0.6) is 0 Å². The number of carbonyl (C=O) groups is 1. The molecule has 0 radical (unpaired) electrons. The van der Waals surface area contributed by atoms with Crippen LogP contribution in [-0.2, 0) is 17.7 Å². The minimum absolute atomic E-state index is 0.290. The first kappa shape index (κ1) is 25.0. The van der Waals surface area contributed by atoms with Gasteiger partial charge in [0.2, 0.25) is 0 Å². The van der Waals surface area contributed by atoms with Crippen LogP contribution in [0.3, 0.4) is 0 Å². The summed E-state index contributed by atoms with van der Waals surface area (Å²) in [6, 6.07) is 31.1. The molecule has 1 aliphatic rings. The van der Waals surface area contributed by atoms with E-state index in [1.165, 1.54) is 11.1 Å². The average molecular weight is 494 g/mol. The molecule has 1 aromatic heterocycles. The Balaban J connectivity index is 1.34. The highest BCUT2D eigenvalue weighted by Crippen LogP contribution is 2.31. The molecule has 190 valence electrons.